The Balaban J connectivity index is 2.51. The van der Waals surface area contributed by atoms with Crippen molar-refractivity contribution in [2.24, 2.45) is 5.92 Å². The topological polar surface area (TPSA) is 163 Å². The molecule has 0 fully saturated rings. The van der Waals surface area contributed by atoms with Gasteiger partial charge < -0.3 is 4.42 Å². The highest BCUT2D eigenvalue weighted by molar-refractivity contribution is 7.89. The van der Waals surface area contributed by atoms with Crippen LogP contribution < -0.4 is 4.72 Å². The Kier molecular flexibility index (Phi) is 6.26. The van der Waals surface area contributed by atoms with Crippen LogP contribution >= 0.6 is 0 Å². The first kappa shape index (κ1) is 21.2. The molecule has 0 spiro atoms. The molecule has 2 rings (SSSR count). The van der Waals surface area contributed by atoms with E-state index in [2.05, 4.69) is 4.72 Å². The molecule has 1 aromatic heterocycles. The average molecular weight is 411 g/mol. The van der Waals surface area contributed by atoms with E-state index in [1.54, 1.807) is 6.92 Å². The molecule has 11 nitrogen and oxygen atoms in total. The van der Waals surface area contributed by atoms with Crippen molar-refractivity contribution in [3.63, 3.8) is 0 Å². The third-order valence-electron chi connectivity index (χ3n) is 4.09. The molecule has 2 atom stereocenters. The van der Waals surface area contributed by atoms with Crippen LogP contribution in [0, 0.1) is 26.1 Å². The molecule has 1 N–H and O–H groups in total. The van der Waals surface area contributed by atoms with E-state index in [1.807, 2.05) is 0 Å². The van der Waals surface area contributed by atoms with Gasteiger partial charge in [-0.05, 0) is 12.1 Å². The molecule has 0 unspecified atom stereocenters. The van der Waals surface area contributed by atoms with E-state index in [9.17, 15) is 33.4 Å². The van der Waals surface area contributed by atoms with Gasteiger partial charge in [-0.1, -0.05) is 26.0 Å². The van der Waals surface area contributed by atoms with Crippen molar-refractivity contribution in [2.75, 3.05) is 0 Å². The van der Waals surface area contributed by atoms with Crippen molar-refractivity contribution in [1.82, 2.24) is 4.72 Å². The molecule has 2 aromatic rings. The van der Waals surface area contributed by atoms with Gasteiger partial charge in [0, 0.05) is 18.4 Å². The van der Waals surface area contributed by atoms with E-state index in [4.69, 9.17) is 4.42 Å². The fraction of sp³-hybridized carbons (Fsp3) is 0.312. The standard InChI is InChI=1S/C16H17N3O8S/c1-3-12(20)10(2)16(13-8-9-15(27-13)19(23)24)17-28(25,26)14-7-5-4-6-11(14)18(21)22/h4-10,16-17H,3H2,1-2H3/t10-,16+/m0/s1. The number of carbonyl (C=O) groups excluding carboxylic acids is 1. The minimum absolute atomic E-state index is 0.0910. The molecule has 0 bridgehead atoms. The maximum atomic E-state index is 12.8. The molecule has 150 valence electrons. The zero-order valence-electron chi connectivity index (χ0n) is 14.9. The Hall–Kier alpha value is -3.12. The monoisotopic (exact) mass is 411 g/mol. The van der Waals surface area contributed by atoms with E-state index in [0.29, 0.717) is 0 Å². The first-order chi connectivity index (χ1) is 13.1. The molecule has 0 aliphatic rings. The predicted octanol–water partition coefficient (Wildman–Crippen LogP) is 2.73. The van der Waals surface area contributed by atoms with Crippen LogP contribution in [0.3, 0.4) is 0 Å². The minimum Gasteiger partial charge on any atom is -0.404 e. The summed E-state index contributed by atoms with van der Waals surface area (Å²) < 4.78 is 32.9. The number of sulfonamides is 1. The van der Waals surface area contributed by atoms with E-state index in [0.717, 1.165) is 18.2 Å². The molecule has 1 aromatic carbocycles. The summed E-state index contributed by atoms with van der Waals surface area (Å²) in [6.07, 6.45) is 0.0910. The van der Waals surface area contributed by atoms with Crippen LogP contribution in [0.2, 0.25) is 0 Å². The lowest BCUT2D eigenvalue weighted by molar-refractivity contribution is -0.402. The number of furan rings is 1. The summed E-state index contributed by atoms with van der Waals surface area (Å²) in [5, 5.41) is 22.0. The van der Waals surface area contributed by atoms with E-state index >= 15 is 0 Å². The Labute approximate surface area is 159 Å². The van der Waals surface area contributed by atoms with E-state index in [-0.39, 0.29) is 18.0 Å². The van der Waals surface area contributed by atoms with Crippen LogP contribution in [-0.4, -0.2) is 24.0 Å². The molecule has 0 saturated carbocycles. The number of nitro benzene ring substituents is 1. The number of nitrogens with one attached hydrogen (secondary N) is 1. The number of hydrogen-bond acceptors (Lipinski definition) is 8. The van der Waals surface area contributed by atoms with Gasteiger partial charge in [0.1, 0.15) is 16.5 Å². The maximum Gasteiger partial charge on any atom is 0.433 e. The van der Waals surface area contributed by atoms with Crippen LogP contribution in [0.1, 0.15) is 32.1 Å². The number of Topliss-reactive ketones (excluding diaryl/α,β-unsaturated/α-hetero) is 1. The number of hydrogen-bond donors (Lipinski definition) is 1. The molecule has 0 amide bonds. The van der Waals surface area contributed by atoms with Gasteiger partial charge in [0.25, 0.3) is 5.69 Å². The highest BCUT2D eigenvalue weighted by Gasteiger charge is 2.35. The number of benzene rings is 1. The molecular weight excluding hydrogens is 394 g/mol. The highest BCUT2D eigenvalue weighted by Crippen LogP contribution is 2.31. The number of carbonyl (C=O) groups is 1. The molecule has 0 saturated heterocycles. The molecule has 28 heavy (non-hydrogen) atoms. The molecule has 0 aliphatic carbocycles. The zero-order chi connectivity index (χ0) is 21.1. The maximum absolute atomic E-state index is 12.8. The smallest absolute Gasteiger partial charge is 0.404 e. The van der Waals surface area contributed by atoms with Crippen LogP contribution in [-0.2, 0) is 14.8 Å². The molecule has 0 aliphatic heterocycles. The minimum atomic E-state index is -4.45. The number of nitro groups is 2. The van der Waals surface area contributed by atoms with Crippen molar-refractivity contribution in [3.8, 4) is 0 Å². The van der Waals surface area contributed by atoms with Crippen molar-refractivity contribution in [2.45, 2.75) is 31.2 Å². The molecule has 12 heteroatoms. The lowest BCUT2D eigenvalue weighted by Gasteiger charge is -2.22. The van der Waals surface area contributed by atoms with Gasteiger partial charge in [-0.25, -0.2) is 8.42 Å². The molecular formula is C16H17N3O8S. The molecule has 1 heterocycles. The van der Waals surface area contributed by atoms with Gasteiger partial charge in [0.2, 0.25) is 10.0 Å². The van der Waals surface area contributed by atoms with E-state index < -0.39 is 48.3 Å². The summed E-state index contributed by atoms with van der Waals surface area (Å²) in [4.78, 5) is 31.9. The number of ketones is 1. The summed E-state index contributed by atoms with van der Waals surface area (Å²) in [5.41, 5.74) is -0.645. The SMILES string of the molecule is CCC(=O)[C@H](C)[C@@H](NS(=O)(=O)c1ccccc1[N+](=O)[O-])c1ccc([N+](=O)[O-])o1. The van der Waals surface area contributed by atoms with Crippen molar-refractivity contribution in [3.05, 3.63) is 62.4 Å². The Morgan fingerprint density at radius 2 is 1.79 bits per heavy atom. The van der Waals surface area contributed by atoms with Gasteiger partial charge in [-0.15, -0.1) is 0 Å². The number of rotatable bonds is 9. The average Bonchev–Trinajstić information content (AvgIpc) is 3.15. The Morgan fingerprint density at radius 3 is 2.32 bits per heavy atom. The summed E-state index contributed by atoms with van der Waals surface area (Å²) in [6, 6.07) is 5.64. The zero-order valence-corrected chi connectivity index (χ0v) is 15.7. The van der Waals surface area contributed by atoms with Crippen LogP contribution in [0.25, 0.3) is 0 Å². The molecule has 0 radical (unpaired) electrons. The third kappa shape index (κ3) is 4.40. The van der Waals surface area contributed by atoms with Gasteiger partial charge in [0.05, 0.1) is 17.0 Å². The fourth-order valence-electron chi connectivity index (χ4n) is 2.59. The first-order valence-corrected chi connectivity index (χ1v) is 9.59. The largest absolute Gasteiger partial charge is 0.433 e. The summed E-state index contributed by atoms with van der Waals surface area (Å²) in [6.45, 7) is 3.02. The van der Waals surface area contributed by atoms with Crippen LogP contribution in [0.4, 0.5) is 11.6 Å². The highest BCUT2D eigenvalue weighted by atomic mass is 32.2. The fourth-order valence-corrected chi connectivity index (χ4v) is 4.04. The van der Waals surface area contributed by atoms with Gasteiger partial charge >= 0.3 is 5.88 Å². The summed E-state index contributed by atoms with van der Waals surface area (Å²) >= 11 is 0. The summed E-state index contributed by atoms with van der Waals surface area (Å²) in [5.74, 6) is -2.04. The summed E-state index contributed by atoms with van der Waals surface area (Å²) in [7, 11) is -4.45. The van der Waals surface area contributed by atoms with Crippen LogP contribution in [0.5, 0.6) is 0 Å². The number of nitrogens with zero attached hydrogens (tertiary/aromatic N) is 2. The van der Waals surface area contributed by atoms with Crippen molar-refractivity contribution >= 4 is 27.4 Å². The second kappa shape index (κ2) is 8.27. The van der Waals surface area contributed by atoms with Gasteiger partial charge in [-0.2, -0.15) is 4.72 Å². The quantitative estimate of drug-likeness (QED) is 0.486. The number of para-hydroxylation sites is 1. The second-order valence-electron chi connectivity index (χ2n) is 5.87. The second-order valence-corrected chi connectivity index (χ2v) is 7.55. The Bertz CT molecular complexity index is 1010. The van der Waals surface area contributed by atoms with Crippen LogP contribution in [0.15, 0.2) is 45.7 Å². The van der Waals surface area contributed by atoms with Gasteiger partial charge in [-0.3, -0.25) is 25.0 Å². The predicted molar refractivity (Wildman–Crippen MR) is 96.0 cm³/mol. The van der Waals surface area contributed by atoms with E-state index in [1.165, 1.54) is 25.1 Å². The third-order valence-corrected chi connectivity index (χ3v) is 5.58. The lowest BCUT2D eigenvalue weighted by Crippen LogP contribution is -2.35. The first-order valence-electron chi connectivity index (χ1n) is 8.11. The van der Waals surface area contributed by atoms with Gasteiger partial charge in [0.15, 0.2) is 4.90 Å². The Morgan fingerprint density at radius 1 is 1.14 bits per heavy atom. The lowest BCUT2D eigenvalue weighted by atomic mass is 9.94. The normalized spacial score (nSPS) is 13.6. The van der Waals surface area contributed by atoms with Crippen molar-refractivity contribution < 1.29 is 27.5 Å². The van der Waals surface area contributed by atoms with Crippen molar-refractivity contribution in [1.29, 1.82) is 0 Å².